The molecule has 8 atom stereocenters. The second-order valence-electron chi connectivity index (χ2n) is 9.22. The molecule has 5 rings (SSSR count). The normalized spacial score (nSPS) is 48.4. The SMILES string of the molecule is CC1(C)O[C@H]2[C@@H](O1)[C@@H](COC(=O)C1CC3C=CC1C3)O[C@@H]1OC(C)(C)O[C@@H]12. The second-order valence-corrected chi connectivity index (χ2v) is 9.22. The van der Waals surface area contributed by atoms with Crippen LogP contribution in [0.2, 0.25) is 0 Å². The summed E-state index contributed by atoms with van der Waals surface area (Å²) in [5, 5.41) is 0. The van der Waals surface area contributed by atoms with E-state index < -0.39 is 24.0 Å². The van der Waals surface area contributed by atoms with E-state index in [2.05, 4.69) is 12.2 Å². The molecule has 0 aromatic heterocycles. The number of esters is 1. The first-order valence-electron chi connectivity index (χ1n) is 9.92. The third kappa shape index (κ3) is 3.13. The number of hydrogen-bond donors (Lipinski definition) is 0. The van der Waals surface area contributed by atoms with Gasteiger partial charge in [0.05, 0.1) is 5.92 Å². The first-order valence-corrected chi connectivity index (χ1v) is 9.92. The van der Waals surface area contributed by atoms with Crippen LogP contribution >= 0.6 is 0 Å². The molecule has 3 aliphatic heterocycles. The maximum Gasteiger partial charge on any atom is 0.309 e. The highest BCUT2D eigenvalue weighted by molar-refractivity contribution is 5.74. The predicted molar refractivity (Wildman–Crippen MR) is 92.3 cm³/mol. The molecule has 27 heavy (non-hydrogen) atoms. The lowest BCUT2D eigenvalue weighted by molar-refractivity contribution is -0.242. The number of allylic oxidation sites excluding steroid dienone is 2. The average Bonchev–Trinajstić information content (AvgIpc) is 3.32. The molecular weight excluding hydrogens is 352 g/mol. The molecule has 0 spiro atoms. The van der Waals surface area contributed by atoms with Crippen molar-refractivity contribution in [1.29, 1.82) is 0 Å². The molecule has 0 aromatic rings. The van der Waals surface area contributed by atoms with Crippen molar-refractivity contribution < 1.29 is 33.2 Å². The Balaban J connectivity index is 1.27. The monoisotopic (exact) mass is 380 g/mol. The number of carbonyl (C=O) groups excluding carboxylic acids is 1. The first kappa shape index (κ1) is 18.1. The summed E-state index contributed by atoms with van der Waals surface area (Å²) in [5.74, 6) is -0.824. The van der Waals surface area contributed by atoms with Crippen LogP contribution in [0.1, 0.15) is 40.5 Å². The van der Waals surface area contributed by atoms with Crippen LogP contribution in [-0.4, -0.2) is 54.9 Å². The molecule has 2 aliphatic carbocycles. The van der Waals surface area contributed by atoms with Gasteiger partial charge in [0.25, 0.3) is 0 Å². The van der Waals surface area contributed by atoms with Crippen molar-refractivity contribution in [3.8, 4) is 0 Å². The summed E-state index contributed by atoms with van der Waals surface area (Å²) in [5.41, 5.74) is 0. The van der Waals surface area contributed by atoms with Crippen LogP contribution in [0.3, 0.4) is 0 Å². The lowest BCUT2D eigenvalue weighted by atomic mass is 9.94. The Morgan fingerprint density at radius 3 is 2.37 bits per heavy atom. The summed E-state index contributed by atoms with van der Waals surface area (Å²) in [6.45, 7) is 7.56. The summed E-state index contributed by atoms with van der Waals surface area (Å²) in [6.07, 6.45) is 4.26. The Hall–Kier alpha value is -0.990. The molecule has 4 fully saturated rings. The van der Waals surface area contributed by atoms with Gasteiger partial charge in [-0.25, -0.2) is 0 Å². The van der Waals surface area contributed by atoms with Crippen LogP contribution in [0.4, 0.5) is 0 Å². The molecule has 3 heterocycles. The topological polar surface area (TPSA) is 72.5 Å². The molecule has 7 nitrogen and oxygen atoms in total. The van der Waals surface area contributed by atoms with Gasteiger partial charge in [0, 0.05) is 0 Å². The van der Waals surface area contributed by atoms with Gasteiger partial charge in [0.2, 0.25) is 0 Å². The molecule has 7 heteroatoms. The van der Waals surface area contributed by atoms with E-state index in [4.69, 9.17) is 28.4 Å². The maximum atomic E-state index is 12.6. The molecule has 150 valence electrons. The van der Waals surface area contributed by atoms with Gasteiger partial charge < -0.3 is 28.4 Å². The second kappa shape index (κ2) is 6.00. The molecule has 2 bridgehead atoms. The smallest absolute Gasteiger partial charge is 0.309 e. The summed E-state index contributed by atoms with van der Waals surface area (Å²) in [4.78, 5) is 12.6. The van der Waals surface area contributed by atoms with E-state index in [0.29, 0.717) is 11.8 Å². The largest absolute Gasteiger partial charge is 0.463 e. The average molecular weight is 380 g/mol. The number of ether oxygens (including phenoxy) is 6. The molecule has 0 amide bonds. The summed E-state index contributed by atoms with van der Waals surface area (Å²) < 4.78 is 35.8. The molecule has 1 saturated carbocycles. The van der Waals surface area contributed by atoms with E-state index >= 15 is 0 Å². The lowest BCUT2D eigenvalue weighted by Gasteiger charge is -2.37. The fraction of sp³-hybridized carbons (Fsp3) is 0.850. The third-order valence-electron chi connectivity index (χ3n) is 6.22. The van der Waals surface area contributed by atoms with Crippen molar-refractivity contribution in [3.63, 3.8) is 0 Å². The van der Waals surface area contributed by atoms with Gasteiger partial charge in [-0.05, 0) is 52.4 Å². The van der Waals surface area contributed by atoms with Crippen molar-refractivity contribution in [2.45, 2.75) is 82.8 Å². The Morgan fingerprint density at radius 1 is 0.963 bits per heavy atom. The van der Waals surface area contributed by atoms with Crippen molar-refractivity contribution >= 4 is 5.97 Å². The lowest BCUT2D eigenvalue weighted by Crippen LogP contribution is -2.56. The maximum absolute atomic E-state index is 12.6. The standard InChI is InChI=1S/C20H28O7/c1-19(2)24-14-13(9-22-17(21)12-8-10-5-6-11(12)7-10)23-18-16(15(14)25-19)26-20(3,4)27-18/h5-6,10-16,18H,7-9H2,1-4H3/t10?,11?,12?,13-,14+,15+,16-,18-/m1/s1. The van der Waals surface area contributed by atoms with Crippen molar-refractivity contribution in [2.24, 2.45) is 17.8 Å². The van der Waals surface area contributed by atoms with Gasteiger partial charge in [0.15, 0.2) is 17.9 Å². The number of hydrogen-bond acceptors (Lipinski definition) is 7. The first-order chi connectivity index (χ1) is 12.7. The van der Waals surface area contributed by atoms with Gasteiger partial charge in [-0.1, -0.05) is 12.2 Å². The minimum atomic E-state index is -0.753. The number of fused-ring (bicyclic) bond motifs is 5. The highest BCUT2D eigenvalue weighted by Crippen LogP contribution is 2.45. The summed E-state index contributed by atoms with van der Waals surface area (Å²) in [7, 11) is 0. The zero-order valence-electron chi connectivity index (χ0n) is 16.3. The van der Waals surface area contributed by atoms with E-state index in [9.17, 15) is 4.79 Å². The summed E-state index contributed by atoms with van der Waals surface area (Å²) >= 11 is 0. The Kier molecular flexibility index (Phi) is 4.02. The van der Waals surface area contributed by atoms with E-state index in [0.717, 1.165) is 12.8 Å². The zero-order valence-corrected chi connectivity index (χ0v) is 16.3. The quantitative estimate of drug-likeness (QED) is 0.549. The van der Waals surface area contributed by atoms with Crippen molar-refractivity contribution in [3.05, 3.63) is 12.2 Å². The van der Waals surface area contributed by atoms with Crippen LogP contribution in [0.15, 0.2) is 12.2 Å². The van der Waals surface area contributed by atoms with Crippen LogP contribution in [0.5, 0.6) is 0 Å². The molecule has 3 unspecified atom stereocenters. The van der Waals surface area contributed by atoms with Crippen molar-refractivity contribution in [2.75, 3.05) is 6.61 Å². The Morgan fingerprint density at radius 2 is 1.67 bits per heavy atom. The summed E-state index contributed by atoms with van der Waals surface area (Å²) in [6, 6.07) is 0. The highest BCUT2D eigenvalue weighted by Gasteiger charge is 2.61. The van der Waals surface area contributed by atoms with Gasteiger partial charge in [-0.2, -0.15) is 0 Å². The van der Waals surface area contributed by atoms with Gasteiger partial charge in [-0.15, -0.1) is 0 Å². The molecule has 0 aromatic carbocycles. The van der Waals surface area contributed by atoms with Crippen LogP contribution in [0, 0.1) is 17.8 Å². The van der Waals surface area contributed by atoms with Gasteiger partial charge in [-0.3, -0.25) is 4.79 Å². The van der Waals surface area contributed by atoms with E-state index in [1.807, 2.05) is 27.7 Å². The Labute approximate surface area is 159 Å². The molecule has 3 saturated heterocycles. The molecule has 0 radical (unpaired) electrons. The molecular formula is C20H28O7. The molecule has 0 N–H and O–H groups in total. The Bertz CT molecular complexity index is 657. The van der Waals surface area contributed by atoms with Crippen LogP contribution < -0.4 is 0 Å². The number of carbonyl (C=O) groups is 1. The van der Waals surface area contributed by atoms with E-state index in [1.165, 1.54) is 0 Å². The van der Waals surface area contributed by atoms with Gasteiger partial charge >= 0.3 is 5.97 Å². The van der Waals surface area contributed by atoms with Crippen LogP contribution in [0.25, 0.3) is 0 Å². The highest BCUT2D eigenvalue weighted by atomic mass is 16.9. The fourth-order valence-electron chi connectivity index (χ4n) is 5.15. The van der Waals surface area contributed by atoms with Crippen molar-refractivity contribution in [1.82, 2.24) is 0 Å². The predicted octanol–water partition coefficient (Wildman–Crippen LogP) is 2.14. The zero-order chi connectivity index (χ0) is 19.0. The van der Waals surface area contributed by atoms with Gasteiger partial charge in [0.1, 0.15) is 31.0 Å². The molecule has 5 aliphatic rings. The van der Waals surface area contributed by atoms with Crippen LogP contribution in [-0.2, 0) is 33.2 Å². The van der Waals surface area contributed by atoms with E-state index in [-0.39, 0.29) is 36.8 Å². The number of rotatable bonds is 3. The fourth-order valence-corrected chi connectivity index (χ4v) is 5.15. The minimum Gasteiger partial charge on any atom is -0.463 e. The van der Waals surface area contributed by atoms with E-state index in [1.54, 1.807) is 0 Å². The minimum absolute atomic E-state index is 0.0330. The third-order valence-corrected chi connectivity index (χ3v) is 6.22.